The van der Waals surface area contributed by atoms with Gasteiger partial charge in [0, 0.05) is 48.3 Å². The van der Waals surface area contributed by atoms with E-state index in [1.807, 2.05) is 0 Å². The maximum Gasteiger partial charge on any atom is 0.0602 e. The van der Waals surface area contributed by atoms with Crippen LogP contribution in [0.15, 0.2) is 0 Å². The average Bonchev–Trinajstić information content (AvgIpc) is 1.18. The minimum Gasteiger partial charge on any atom is -0.302 e. The van der Waals surface area contributed by atoms with Crippen LogP contribution < -0.4 is 21.3 Å². The van der Waals surface area contributed by atoms with E-state index in [0.717, 1.165) is 131 Å². The summed E-state index contributed by atoms with van der Waals surface area (Å²) in [5.41, 5.74) is 0. The number of hydrogen-bond acceptors (Lipinski definition) is 8. The molecular weight excluding hydrogens is 1020 g/mol. The van der Waals surface area contributed by atoms with Crippen LogP contribution in [-0.4, -0.2) is 119 Å². The second kappa shape index (κ2) is 26.7. The Balaban J connectivity index is 0.867. The topological polar surface area (TPSA) is 61.1 Å². The number of nitrogens with zero attached hydrogens (tertiary/aromatic N) is 4. The van der Waals surface area contributed by atoms with Gasteiger partial charge in [0.15, 0.2) is 0 Å². The standard InChI is InChI=1S/C76H130N8/c1-5-29-55-51(21-1)25-17-33-63(55)81(71-37-9-13-45-77-71)67-49-68(82(72-38-10-14-46-78-72)64-34-18-26-52-22-2-6-30-56(52)64)60-43-44-62-70(84(74-40-12-16-48-80-74)66-36-20-28-54-24-4-8-32-58(54)66)50-69(61-42-41-59(67)75(60)76(61)62)83(73-39-11-15-47-79-73)65-35-19-27-53-23-3-7-31-57(53)65/h51-80H,1-50H2. The zero-order valence-corrected chi connectivity index (χ0v) is 54.2. The van der Waals surface area contributed by atoms with E-state index >= 15 is 0 Å². The third-order valence-corrected chi connectivity index (χ3v) is 30.8. The molecule has 8 heteroatoms. The number of fused-ring (bicyclic) bond motifs is 4. The summed E-state index contributed by atoms with van der Waals surface area (Å²) < 4.78 is 0. The number of nitrogens with one attached hydrogen (secondary N) is 4. The molecule has 0 aromatic heterocycles. The molecule has 0 aromatic carbocycles. The van der Waals surface area contributed by atoms with Crippen LogP contribution in [0.5, 0.6) is 0 Å². The van der Waals surface area contributed by atoms with Gasteiger partial charge in [-0.2, -0.15) is 0 Å². The Bertz CT molecular complexity index is 1790. The van der Waals surface area contributed by atoms with Crippen LogP contribution in [0, 0.1) is 82.9 Å². The van der Waals surface area contributed by atoms with Crippen molar-refractivity contribution in [2.75, 3.05) is 26.2 Å². The Hall–Kier alpha value is -0.320. The molecule has 12 saturated carbocycles. The summed E-state index contributed by atoms with van der Waals surface area (Å²) in [4.78, 5) is 14.3. The Kier molecular flexibility index (Phi) is 18.7. The Morgan fingerprint density at radius 1 is 0.179 bits per heavy atom. The largest absolute Gasteiger partial charge is 0.302 e. The quantitative estimate of drug-likeness (QED) is 0.154. The second-order valence-electron chi connectivity index (χ2n) is 34.2. The van der Waals surface area contributed by atoms with Crippen LogP contribution >= 0.6 is 0 Å². The Morgan fingerprint density at radius 3 is 0.643 bits per heavy atom. The van der Waals surface area contributed by atoms with Gasteiger partial charge >= 0.3 is 0 Å². The first kappa shape index (κ1) is 58.7. The van der Waals surface area contributed by atoms with E-state index in [9.17, 15) is 0 Å². The summed E-state index contributed by atoms with van der Waals surface area (Å²) in [6, 6.07) is 6.16. The van der Waals surface area contributed by atoms with Crippen molar-refractivity contribution in [2.45, 2.75) is 368 Å². The fourth-order valence-corrected chi connectivity index (χ4v) is 28.0. The molecule has 4 heterocycles. The fraction of sp³-hybridized carbons (Fsp3) is 1.00. The first-order valence-corrected chi connectivity index (χ1v) is 39.8. The summed E-state index contributed by atoms with van der Waals surface area (Å²) in [5.74, 6) is 13.0. The monoisotopic (exact) mass is 1160 g/mol. The lowest BCUT2D eigenvalue weighted by molar-refractivity contribution is -0.207. The molecule has 24 unspecified atom stereocenters. The maximum absolute atomic E-state index is 4.51. The molecule has 0 spiro atoms. The molecule has 16 aliphatic rings. The van der Waals surface area contributed by atoms with Crippen molar-refractivity contribution in [3.05, 3.63) is 0 Å². The van der Waals surface area contributed by atoms with Gasteiger partial charge in [0.25, 0.3) is 0 Å². The normalized spacial score (nSPS) is 50.1. The van der Waals surface area contributed by atoms with Crippen LogP contribution in [0.1, 0.15) is 295 Å². The lowest BCUT2D eigenvalue weighted by Gasteiger charge is -2.70. The molecule has 16 rings (SSSR count). The van der Waals surface area contributed by atoms with Gasteiger partial charge in [-0.05, 0) is 276 Å². The van der Waals surface area contributed by atoms with E-state index in [0.29, 0.717) is 24.7 Å². The molecule has 0 aromatic rings. The molecule has 474 valence electrons. The van der Waals surface area contributed by atoms with Crippen molar-refractivity contribution in [2.24, 2.45) is 82.9 Å². The fourth-order valence-electron chi connectivity index (χ4n) is 28.0. The van der Waals surface area contributed by atoms with Gasteiger partial charge in [-0.3, -0.25) is 19.6 Å². The third-order valence-electron chi connectivity index (χ3n) is 30.8. The van der Waals surface area contributed by atoms with E-state index < -0.39 is 0 Å². The maximum atomic E-state index is 4.51. The summed E-state index contributed by atoms with van der Waals surface area (Å²) in [6.45, 7) is 5.04. The molecule has 4 N–H and O–H groups in total. The van der Waals surface area contributed by atoms with Crippen molar-refractivity contribution in [1.29, 1.82) is 0 Å². The zero-order valence-electron chi connectivity index (χ0n) is 54.2. The van der Waals surface area contributed by atoms with Crippen molar-refractivity contribution in [3.8, 4) is 0 Å². The van der Waals surface area contributed by atoms with Gasteiger partial charge in [0.1, 0.15) is 0 Å². The third kappa shape index (κ3) is 11.2. The van der Waals surface area contributed by atoms with Gasteiger partial charge in [0.2, 0.25) is 0 Å². The molecule has 24 atom stereocenters. The summed E-state index contributed by atoms with van der Waals surface area (Å²) in [6.07, 6.45) is 71.2. The van der Waals surface area contributed by atoms with Crippen molar-refractivity contribution >= 4 is 0 Å². The molecule has 8 nitrogen and oxygen atoms in total. The van der Waals surface area contributed by atoms with Crippen LogP contribution in [0.25, 0.3) is 0 Å². The van der Waals surface area contributed by atoms with Crippen LogP contribution in [0.2, 0.25) is 0 Å². The zero-order chi connectivity index (χ0) is 55.5. The second-order valence-corrected chi connectivity index (χ2v) is 34.2. The lowest BCUT2D eigenvalue weighted by Crippen LogP contribution is -2.74. The molecule has 84 heavy (non-hydrogen) atoms. The highest BCUT2D eigenvalue weighted by Gasteiger charge is 2.66. The van der Waals surface area contributed by atoms with Crippen molar-refractivity contribution in [3.63, 3.8) is 0 Å². The summed E-state index contributed by atoms with van der Waals surface area (Å²) in [5, 5.41) is 18.0. The number of rotatable bonds is 12. The van der Waals surface area contributed by atoms with Gasteiger partial charge in [-0.15, -0.1) is 0 Å². The molecule has 0 amide bonds. The molecule has 0 bridgehead atoms. The summed E-state index contributed by atoms with van der Waals surface area (Å²) >= 11 is 0. The van der Waals surface area contributed by atoms with Gasteiger partial charge in [0.05, 0.1) is 24.7 Å². The highest BCUT2D eigenvalue weighted by molar-refractivity contribution is 5.18. The van der Waals surface area contributed by atoms with Crippen LogP contribution in [0.4, 0.5) is 0 Å². The minimum absolute atomic E-state index is 0.597. The highest BCUT2D eigenvalue weighted by atomic mass is 15.4. The molecule has 0 radical (unpaired) electrons. The van der Waals surface area contributed by atoms with E-state index in [1.165, 1.54) is 296 Å². The molecule has 4 aliphatic heterocycles. The van der Waals surface area contributed by atoms with E-state index in [-0.39, 0.29) is 0 Å². The predicted molar refractivity (Wildman–Crippen MR) is 346 cm³/mol. The number of hydrogen-bond donors (Lipinski definition) is 4. The van der Waals surface area contributed by atoms with E-state index in [2.05, 4.69) is 40.9 Å². The molecule has 4 saturated heterocycles. The molecular formula is C76H130N8. The van der Waals surface area contributed by atoms with E-state index in [1.54, 1.807) is 25.7 Å². The first-order valence-electron chi connectivity index (χ1n) is 39.8. The SMILES string of the molecule is C1CCC(N(C2CCCC3CCCCC32)C2CC(N(C3CCCCN3)C3CCCC4CCCCC43)C3CCC4C5C(CCC2C35)C(N(C2CCCCN2)C2CCCC3CCCCC32)CC4N(C2CCCCN2)C2CCCC3CCCCC32)NC1. The summed E-state index contributed by atoms with van der Waals surface area (Å²) in [7, 11) is 0. The first-order chi connectivity index (χ1) is 41.7. The van der Waals surface area contributed by atoms with Crippen LogP contribution in [0.3, 0.4) is 0 Å². The smallest absolute Gasteiger partial charge is 0.0602 e. The van der Waals surface area contributed by atoms with Crippen LogP contribution in [-0.2, 0) is 0 Å². The Labute approximate surface area is 515 Å². The lowest BCUT2D eigenvalue weighted by atomic mass is 9.44. The van der Waals surface area contributed by atoms with Crippen molar-refractivity contribution < 1.29 is 0 Å². The van der Waals surface area contributed by atoms with Gasteiger partial charge in [-0.1, -0.05) is 128 Å². The molecule has 12 aliphatic carbocycles. The Morgan fingerprint density at radius 2 is 0.405 bits per heavy atom. The van der Waals surface area contributed by atoms with Gasteiger partial charge in [-0.25, -0.2) is 0 Å². The number of piperidine rings is 4. The van der Waals surface area contributed by atoms with E-state index in [4.69, 9.17) is 0 Å². The minimum atomic E-state index is 0.597. The van der Waals surface area contributed by atoms with Gasteiger partial charge < -0.3 is 21.3 Å². The molecule has 16 fully saturated rings. The predicted octanol–water partition coefficient (Wildman–Crippen LogP) is 15.6. The van der Waals surface area contributed by atoms with Crippen molar-refractivity contribution in [1.82, 2.24) is 40.9 Å². The highest BCUT2D eigenvalue weighted by Crippen LogP contribution is 2.65. The average molecular weight is 1160 g/mol.